The molecule has 0 aromatic carbocycles. The highest BCUT2D eigenvalue weighted by molar-refractivity contribution is 6.30. The molecule has 118 valence electrons. The van der Waals surface area contributed by atoms with E-state index in [1.165, 1.54) is 14.2 Å². The minimum atomic E-state index is -0.530. The van der Waals surface area contributed by atoms with E-state index in [9.17, 15) is 9.59 Å². The number of ether oxygens (including phenoxy) is 2. The summed E-state index contributed by atoms with van der Waals surface area (Å²) in [7, 11) is 2.69. The van der Waals surface area contributed by atoms with Crippen molar-refractivity contribution >= 4 is 35.1 Å². The van der Waals surface area contributed by atoms with Crippen molar-refractivity contribution < 1.29 is 19.1 Å². The lowest BCUT2D eigenvalue weighted by atomic mass is 10.1. The summed E-state index contributed by atoms with van der Waals surface area (Å²) in [6.07, 6.45) is 7.42. The van der Waals surface area contributed by atoms with Crippen molar-refractivity contribution in [3.63, 3.8) is 0 Å². The van der Waals surface area contributed by atoms with Crippen LogP contribution in [0.25, 0.3) is 0 Å². The molecule has 0 saturated carbocycles. The molecule has 0 fully saturated rings. The fraction of sp³-hybridized carbons (Fsp3) is 0.857. The lowest BCUT2D eigenvalue weighted by molar-refractivity contribution is -0.141. The van der Waals surface area contributed by atoms with Gasteiger partial charge in [0.25, 0.3) is 0 Å². The number of unbranched alkanes of at least 4 members (excludes halogenated alkanes) is 5. The van der Waals surface area contributed by atoms with Gasteiger partial charge in [-0.1, -0.05) is 38.5 Å². The molecule has 6 heteroatoms. The summed E-state index contributed by atoms with van der Waals surface area (Å²) >= 11 is 11.7. The van der Waals surface area contributed by atoms with E-state index >= 15 is 0 Å². The zero-order valence-electron chi connectivity index (χ0n) is 12.2. The average Bonchev–Trinajstić information content (AvgIpc) is 2.47. The maximum atomic E-state index is 11.1. The quantitative estimate of drug-likeness (QED) is 0.330. The van der Waals surface area contributed by atoms with Gasteiger partial charge in [0.05, 0.1) is 14.2 Å². The van der Waals surface area contributed by atoms with Crippen molar-refractivity contribution in [1.29, 1.82) is 0 Å². The first kappa shape index (κ1) is 19.5. The highest BCUT2D eigenvalue weighted by atomic mass is 35.5. The molecule has 0 rings (SSSR count). The van der Waals surface area contributed by atoms with E-state index in [4.69, 9.17) is 23.2 Å². The van der Waals surface area contributed by atoms with Crippen LogP contribution in [0.15, 0.2) is 0 Å². The van der Waals surface area contributed by atoms with Gasteiger partial charge in [0.2, 0.25) is 0 Å². The molecule has 2 atom stereocenters. The van der Waals surface area contributed by atoms with Gasteiger partial charge in [-0.2, -0.15) is 0 Å². The first-order valence-electron chi connectivity index (χ1n) is 6.96. The van der Waals surface area contributed by atoms with E-state index in [1.807, 2.05) is 0 Å². The monoisotopic (exact) mass is 326 g/mol. The number of hydrogen-bond acceptors (Lipinski definition) is 4. The molecule has 0 aliphatic heterocycles. The predicted octanol–water partition coefficient (Wildman–Crippen LogP) is 3.67. The fourth-order valence-electron chi connectivity index (χ4n) is 1.85. The van der Waals surface area contributed by atoms with Gasteiger partial charge in [0.15, 0.2) is 0 Å². The van der Waals surface area contributed by atoms with E-state index < -0.39 is 10.8 Å². The Bertz CT molecular complexity index is 256. The van der Waals surface area contributed by atoms with Crippen molar-refractivity contribution in [2.24, 2.45) is 0 Å². The van der Waals surface area contributed by atoms with Crippen LogP contribution in [0, 0.1) is 0 Å². The van der Waals surface area contributed by atoms with Crippen LogP contribution in [0.1, 0.15) is 51.4 Å². The van der Waals surface area contributed by atoms with Crippen LogP contribution in [0.2, 0.25) is 0 Å². The van der Waals surface area contributed by atoms with Gasteiger partial charge < -0.3 is 9.47 Å². The Morgan fingerprint density at radius 1 is 0.750 bits per heavy atom. The van der Waals surface area contributed by atoms with E-state index in [-0.39, 0.29) is 11.9 Å². The Hall–Kier alpha value is -0.480. The summed E-state index contributed by atoms with van der Waals surface area (Å²) in [5.74, 6) is -0.717. The smallest absolute Gasteiger partial charge is 0.323 e. The Kier molecular flexibility index (Phi) is 12.0. The van der Waals surface area contributed by atoms with Crippen molar-refractivity contribution in [1.82, 2.24) is 0 Å². The van der Waals surface area contributed by atoms with Crippen molar-refractivity contribution in [3.05, 3.63) is 0 Å². The van der Waals surface area contributed by atoms with Gasteiger partial charge in [0, 0.05) is 0 Å². The van der Waals surface area contributed by atoms with Crippen molar-refractivity contribution in [2.75, 3.05) is 14.2 Å². The summed E-state index contributed by atoms with van der Waals surface area (Å²) in [6, 6.07) is 0. The van der Waals surface area contributed by atoms with Gasteiger partial charge in [-0.25, -0.2) is 0 Å². The second kappa shape index (κ2) is 12.3. The van der Waals surface area contributed by atoms with Crippen molar-refractivity contribution in [3.8, 4) is 0 Å². The SMILES string of the molecule is COC(=O)C(Cl)CCCCCCCCC(Cl)C(=O)OC. The topological polar surface area (TPSA) is 52.6 Å². The van der Waals surface area contributed by atoms with Gasteiger partial charge >= 0.3 is 11.9 Å². The zero-order valence-corrected chi connectivity index (χ0v) is 13.7. The number of rotatable bonds is 11. The molecule has 2 unspecified atom stereocenters. The van der Waals surface area contributed by atoms with E-state index in [0.717, 1.165) is 38.5 Å². The van der Waals surface area contributed by atoms with Gasteiger partial charge in [0.1, 0.15) is 10.8 Å². The molecule has 0 spiro atoms. The molecule has 0 radical (unpaired) electrons. The molecular weight excluding hydrogens is 303 g/mol. The molecule has 0 aromatic rings. The predicted molar refractivity (Wildman–Crippen MR) is 80.3 cm³/mol. The molecule has 0 heterocycles. The first-order chi connectivity index (χ1) is 9.52. The Morgan fingerprint density at radius 3 is 1.35 bits per heavy atom. The molecule has 0 amide bonds. The first-order valence-corrected chi connectivity index (χ1v) is 7.84. The minimum Gasteiger partial charge on any atom is -0.468 e. The molecule has 0 N–H and O–H groups in total. The largest absolute Gasteiger partial charge is 0.468 e. The number of hydrogen-bond donors (Lipinski definition) is 0. The lowest BCUT2D eigenvalue weighted by Gasteiger charge is -2.07. The number of esters is 2. The third-order valence-electron chi connectivity index (χ3n) is 3.08. The second-order valence-electron chi connectivity index (χ2n) is 4.68. The molecule has 0 bridgehead atoms. The van der Waals surface area contributed by atoms with E-state index in [0.29, 0.717) is 12.8 Å². The normalized spacial score (nSPS) is 13.6. The highest BCUT2D eigenvalue weighted by Crippen LogP contribution is 2.15. The van der Waals surface area contributed by atoms with Crippen LogP contribution in [0.5, 0.6) is 0 Å². The molecule has 0 aliphatic rings. The summed E-state index contributed by atoms with van der Waals surface area (Å²) in [5.41, 5.74) is 0. The van der Waals surface area contributed by atoms with Gasteiger partial charge in [-0.15, -0.1) is 23.2 Å². The van der Waals surface area contributed by atoms with Crippen LogP contribution in [0.4, 0.5) is 0 Å². The average molecular weight is 327 g/mol. The number of halogens is 2. The van der Waals surface area contributed by atoms with Crippen LogP contribution in [-0.4, -0.2) is 36.9 Å². The number of carbonyl (C=O) groups excluding carboxylic acids is 2. The number of methoxy groups -OCH3 is 2. The molecular formula is C14H24Cl2O4. The van der Waals surface area contributed by atoms with Crippen LogP contribution < -0.4 is 0 Å². The molecule has 4 nitrogen and oxygen atoms in total. The van der Waals surface area contributed by atoms with E-state index in [1.54, 1.807) is 0 Å². The zero-order chi connectivity index (χ0) is 15.4. The number of alkyl halides is 2. The molecule has 0 saturated heterocycles. The minimum absolute atomic E-state index is 0.359. The van der Waals surface area contributed by atoms with Crippen molar-refractivity contribution in [2.45, 2.75) is 62.1 Å². The standard InChI is InChI=1S/C14H24Cl2O4/c1-19-13(17)11(15)9-7-5-3-4-6-8-10-12(16)14(18)20-2/h11-12H,3-10H2,1-2H3. The Labute approximate surface area is 131 Å². The Balaban J connectivity index is 3.37. The summed E-state index contributed by atoms with van der Waals surface area (Å²) in [6.45, 7) is 0. The maximum Gasteiger partial charge on any atom is 0.323 e. The summed E-state index contributed by atoms with van der Waals surface area (Å²) < 4.78 is 9.10. The molecule has 20 heavy (non-hydrogen) atoms. The van der Waals surface area contributed by atoms with Crippen LogP contribution >= 0.6 is 23.2 Å². The van der Waals surface area contributed by atoms with Gasteiger partial charge in [-0.3, -0.25) is 9.59 Å². The number of carbonyl (C=O) groups is 2. The molecule has 0 aliphatic carbocycles. The second-order valence-corrected chi connectivity index (χ2v) is 5.73. The van der Waals surface area contributed by atoms with E-state index in [2.05, 4.69) is 9.47 Å². The fourth-order valence-corrected chi connectivity index (χ4v) is 2.33. The third-order valence-corrected chi connectivity index (χ3v) is 3.87. The third kappa shape index (κ3) is 9.43. The van der Waals surface area contributed by atoms with Gasteiger partial charge in [-0.05, 0) is 12.8 Å². The Morgan fingerprint density at radius 2 is 1.05 bits per heavy atom. The lowest BCUT2D eigenvalue weighted by Crippen LogP contribution is -2.15. The highest BCUT2D eigenvalue weighted by Gasteiger charge is 2.15. The molecule has 0 aromatic heterocycles. The summed E-state index contributed by atoms with van der Waals surface area (Å²) in [5, 5.41) is -1.06. The van der Waals surface area contributed by atoms with Crippen LogP contribution in [-0.2, 0) is 19.1 Å². The summed E-state index contributed by atoms with van der Waals surface area (Å²) in [4.78, 5) is 22.1. The van der Waals surface area contributed by atoms with Crippen LogP contribution in [0.3, 0.4) is 0 Å². The maximum absolute atomic E-state index is 11.1.